The largest absolute Gasteiger partial charge is 0.449 e. The monoisotopic (exact) mass is 404 g/mol. The lowest BCUT2D eigenvalue weighted by Gasteiger charge is -2.22. The highest BCUT2D eigenvalue weighted by Crippen LogP contribution is 2.50. The van der Waals surface area contributed by atoms with E-state index in [0.717, 1.165) is 11.5 Å². The molecule has 0 spiro atoms. The Morgan fingerprint density at radius 3 is 2.46 bits per heavy atom. The zero-order valence-corrected chi connectivity index (χ0v) is 19.5. The van der Waals surface area contributed by atoms with Crippen molar-refractivity contribution in [3.8, 4) is 22.8 Å². The Balaban J connectivity index is 1.96. The van der Waals surface area contributed by atoms with E-state index in [4.69, 9.17) is 4.74 Å². The molecular formula is C24H26NOSSi+. The van der Waals surface area contributed by atoms with E-state index in [0.29, 0.717) is 0 Å². The molecule has 0 amide bonds. The zero-order valence-electron chi connectivity index (χ0n) is 17.7. The van der Waals surface area contributed by atoms with Crippen LogP contribution in [-0.4, -0.2) is 8.07 Å². The Morgan fingerprint density at radius 2 is 1.75 bits per heavy atom. The lowest BCUT2D eigenvalue weighted by atomic mass is 9.89. The first-order valence-electron chi connectivity index (χ1n) is 9.84. The Hall–Kier alpha value is -2.17. The predicted octanol–water partition coefficient (Wildman–Crippen LogP) is 6.12. The van der Waals surface area contributed by atoms with Gasteiger partial charge in [0, 0.05) is 10.8 Å². The highest BCUT2D eigenvalue weighted by Gasteiger charge is 2.33. The number of hydrogen-bond donors (Lipinski definition) is 0. The Bertz CT molecular complexity index is 1310. The number of benzene rings is 2. The van der Waals surface area contributed by atoms with Gasteiger partial charge in [0.15, 0.2) is 6.20 Å². The maximum Gasteiger partial charge on any atom is 0.257 e. The lowest BCUT2D eigenvalue weighted by molar-refractivity contribution is -0.659. The summed E-state index contributed by atoms with van der Waals surface area (Å²) in [7, 11) is 0.780. The Kier molecular flexibility index (Phi) is 3.63. The molecule has 0 N–H and O–H groups in total. The number of pyridine rings is 1. The third-order valence-electron chi connectivity index (χ3n) is 5.94. The van der Waals surface area contributed by atoms with Crippen molar-refractivity contribution in [2.24, 2.45) is 7.05 Å². The summed E-state index contributed by atoms with van der Waals surface area (Å²) in [4.78, 5) is 0. The average molecular weight is 405 g/mol. The Labute approximate surface area is 171 Å². The molecule has 2 aromatic heterocycles. The molecule has 0 unspecified atom stereocenters. The second-order valence-electron chi connectivity index (χ2n) is 9.21. The maximum absolute atomic E-state index is 6.65. The van der Waals surface area contributed by atoms with Crippen LogP contribution in [0.15, 0.2) is 30.5 Å². The van der Waals surface area contributed by atoms with Crippen LogP contribution in [0.5, 0.6) is 11.5 Å². The summed E-state index contributed by atoms with van der Waals surface area (Å²) < 4.78 is 11.8. The lowest BCUT2D eigenvalue weighted by Crippen LogP contribution is -2.34. The smallest absolute Gasteiger partial charge is 0.257 e. The molecule has 142 valence electrons. The van der Waals surface area contributed by atoms with E-state index in [2.05, 4.69) is 82.5 Å². The van der Waals surface area contributed by atoms with Crippen LogP contribution in [0.25, 0.3) is 32.1 Å². The molecule has 0 bridgehead atoms. The van der Waals surface area contributed by atoms with Gasteiger partial charge in [-0.25, -0.2) is 0 Å². The standard InChI is InChI=1S/C24H26NOSSi/c1-13-8-16-10-14(2)15(3)21-22(16)18(9-13)26-24-17-11-20(28(5,6)7)27-19(17)12-25(4)23(21)24/h8-12H,1-7H3/q+1. The summed E-state index contributed by atoms with van der Waals surface area (Å²) >= 11 is 1.94. The second kappa shape index (κ2) is 5.68. The van der Waals surface area contributed by atoms with E-state index in [1.165, 1.54) is 53.3 Å². The van der Waals surface area contributed by atoms with Crippen LogP contribution in [0.1, 0.15) is 16.7 Å². The number of rotatable bonds is 1. The minimum absolute atomic E-state index is 0.994. The van der Waals surface area contributed by atoms with E-state index in [1.54, 1.807) is 0 Å². The highest BCUT2D eigenvalue weighted by molar-refractivity contribution is 7.31. The fraction of sp³-hybridized carbons (Fsp3) is 0.292. The first kappa shape index (κ1) is 17.9. The molecule has 0 atom stereocenters. The molecule has 0 saturated carbocycles. The number of thiophene rings is 1. The molecule has 0 radical (unpaired) electrons. The number of ether oxygens (including phenoxy) is 1. The van der Waals surface area contributed by atoms with Gasteiger partial charge in [-0.3, -0.25) is 0 Å². The number of fused-ring (bicyclic) bond motifs is 4. The molecule has 0 aliphatic carbocycles. The number of aryl methyl sites for hydroxylation is 3. The summed E-state index contributed by atoms with van der Waals surface area (Å²) in [6.45, 7) is 13.9. The predicted molar refractivity (Wildman–Crippen MR) is 123 cm³/mol. The van der Waals surface area contributed by atoms with Gasteiger partial charge in [0.2, 0.25) is 5.75 Å². The molecule has 3 heterocycles. The highest BCUT2D eigenvalue weighted by atomic mass is 32.1. The van der Waals surface area contributed by atoms with E-state index < -0.39 is 8.07 Å². The fourth-order valence-electron chi connectivity index (χ4n) is 4.34. The van der Waals surface area contributed by atoms with E-state index >= 15 is 0 Å². The molecule has 1 aliphatic rings. The van der Waals surface area contributed by atoms with Gasteiger partial charge in [-0.1, -0.05) is 31.8 Å². The van der Waals surface area contributed by atoms with Crippen LogP contribution in [0.2, 0.25) is 19.6 Å². The Morgan fingerprint density at radius 1 is 1.00 bits per heavy atom. The third-order valence-corrected chi connectivity index (χ3v) is 10.6. The van der Waals surface area contributed by atoms with Crippen LogP contribution >= 0.6 is 11.3 Å². The van der Waals surface area contributed by atoms with Crippen LogP contribution in [0, 0.1) is 20.8 Å². The molecule has 0 fully saturated rings. The molecule has 4 heteroatoms. The van der Waals surface area contributed by atoms with Crippen molar-refractivity contribution in [3.05, 3.63) is 47.2 Å². The van der Waals surface area contributed by atoms with Crippen molar-refractivity contribution >= 4 is 44.8 Å². The summed E-state index contributed by atoms with van der Waals surface area (Å²) in [5.41, 5.74) is 6.45. The average Bonchev–Trinajstić information content (AvgIpc) is 3.02. The van der Waals surface area contributed by atoms with E-state index in [9.17, 15) is 0 Å². The topological polar surface area (TPSA) is 13.1 Å². The number of nitrogens with zero attached hydrogens (tertiary/aromatic N) is 1. The zero-order chi connectivity index (χ0) is 20.0. The van der Waals surface area contributed by atoms with Crippen molar-refractivity contribution in [1.82, 2.24) is 0 Å². The van der Waals surface area contributed by atoms with Gasteiger partial charge in [-0.05, 0) is 59.5 Å². The molecule has 2 nitrogen and oxygen atoms in total. The minimum Gasteiger partial charge on any atom is -0.449 e. The van der Waals surface area contributed by atoms with Crippen LogP contribution in [-0.2, 0) is 7.05 Å². The van der Waals surface area contributed by atoms with Gasteiger partial charge in [-0.2, -0.15) is 4.57 Å². The van der Waals surface area contributed by atoms with E-state index in [-0.39, 0.29) is 0 Å². The van der Waals surface area contributed by atoms with Crippen LogP contribution < -0.4 is 13.8 Å². The molecule has 1 aliphatic heterocycles. The summed E-state index contributed by atoms with van der Waals surface area (Å²) in [5.74, 6) is 2.02. The van der Waals surface area contributed by atoms with Crippen molar-refractivity contribution in [2.75, 3.05) is 0 Å². The second-order valence-corrected chi connectivity index (χ2v) is 15.7. The summed E-state index contributed by atoms with van der Waals surface area (Å²) in [5, 5.41) is 3.78. The van der Waals surface area contributed by atoms with Gasteiger partial charge >= 0.3 is 0 Å². The maximum atomic E-state index is 6.65. The summed E-state index contributed by atoms with van der Waals surface area (Å²) in [6, 6.07) is 9.16. The normalized spacial score (nSPS) is 13.1. The molecule has 4 aromatic rings. The van der Waals surface area contributed by atoms with Crippen molar-refractivity contribution in [2.45, 2.75) is 40.4 Å². The van der Waals surface area contributed by atoms with E-state index in [1.807, 2.05) is 11.3 Å². The molecule has 2 aromatic carbocycles. The quantitative estimate of drug-likeness (QED) is 0.242. The number of aromatic nitrogens is 1. The SMILES string of the molecule is Cc1cc2c3c(c(C)c(C)cc3c1)-c1c(c3cc([Si](C)(C)C)sc3c[n+]1C)O2. The first-order valence-corrected chi connectivity index (χ1v) is 14.2. The van der Waals surface area contributed by atoms with Crippen LogP contribution in [0.3, 0.4) is 0 Å². The molecule has 28 heavy (non-hydrogen) atoms. The van der Waals surface area contributed by atoms with Gasteiger partial charge in [0.05, 0.1) is 13.6 Å². The van der Waals surface area contributed by atoms with Crippen molar-refractivity contribution in [3.63, 3.8) is 0 Å². The summed E-state index contributed by atoms with van der Waals surface area (Å²) in [6.07, 6.45) is 2.29. The molecule has 5 rings (SSSR count). The molecule has 0 saturated heterocycles. The fourth-order valence-corrected chi connectivity index (χ4v) is 7.36. The van der Waals surface area contributed by atoms with Gasteiger partial charge in [-0.15, -0.1) is 11.3 Å². The van der Waals surface area contributed by atoms with Gasteiger partial charge in [0.25, 0.3) is 5.69 Å². The minimum atomic E-state index is -1.37. The third kappa shape index (κ3) is 2.41. The molecular weight excluding hydrogens is 378 g/mol. The van der Waals surface area contributed by atoms with Crippen molar-refractivity contribution < 1.29 is 9.30 Å². The van der Waals surface area contributed by atoms with Gasteiger partial charge < -0.3 is 4.74 Å². The van der Waals surface area contributed by atoms with Gasteiger partial charge in [0.1, 0.15) is 17.5 Å². The van der Waals surface area contributed by atoms with Crippen molar-refractivity contribution in [1.29, 1.82) is 0 Å². The first-order chi connectivity index (χ1) is 13.1. The number of hydrogen-bond acceptors (Lipinski definition) is 2. The van der Waals surface area contributed by atoms with Crippen LogP contribution in [0.4, 0.5) is 0 Å².